The summed E-state index contributed by atoms with van der Waals surface area (Å²) in [6.07, 6.45) is 1.96. The first kappa shape index (κ1) is 16.0. The van der Waals surface area contributed by atoms with Crippen molar-refractivity contribution in [1.29, 1.82) is 5.26 Å². The van der Waals surface area contributed by atoms with Crippen LogP contribution in [0.5, 0.6) is 0 Å². The number of aryl methyl sites for hydroxylation is 1. The van der Waals surface area contributed by atoms with Crippen molar-refractivity contribution in [2.24, 2.45) is 5.92 Å². The fraction of sp³-hybridized carbons (Fsp3) is 0.471. The number of rotatable bonds is 6. The average molecular weight is 299 g/mol. The minimum atomic E-state index is -0.249. The van der Waals surface area contributed by atoms with Crippen molar-refractivity contribution in [1.82, 2.24) is 10.2 Å². The van der Waals surface area contributed by atoms with Crippen LogP contribution in [0, 0.1) is 24.2 Å². The molecule has 0 bridgehead atoms. The van der Waals surface area contributed by atoms with Crippen LogP contribution in [0.1, 0.15) is 35.7 Å². The van der Waals surface area contributed by atoms with E-state index in [9.17, 15) is 9.59 Å². The largest absolute Gasteiger partial charge is 0.343 e. The molecule has 1 N–H and O–H groups in total. The number of hydrogen-bond acceptors (Lipinski definition) is 3. The zero-order valence-corrected chi connectivity index (χ0v) is 13.0. The standard InChI is InChI=1S/C17H21N3O2/c1-12-4-3-5-14(8-12)17(22)19-10-16(21)20(15-6-7-15)11-13(2)9-18/h3-5,8,13,15H,6-7,10-11H2,1-2H3,(H,19,22)/t13-/m0/s1. The lowest BCUT2D eigenvalue weighted by Gasteiger charge is -2.23. The summed E-state index contributed by atoms with van der Waals surface area (Å²) in [6, 6.07) is 9.63. The Morgan fingerprint density at radius 1 is 1.45 bits per heavy atom. The number of benzene rings is 1. The molecule has 116 valence electrons. The minimum absolute atomic E-state index is 0.0264. The molecule has 1 aromatic carbocycles. The van der Waals surface area contributed by atoms with Crippen molar-refractivity contribution >= 4 is 11.8 Å². The van der Waals surface area contributed by atoms with Gasteiger partial charge in [-0.1, -0.05) is 17.7 Å². The second-order valence-electron chi connectivity index (χ2n) is 5.86. The minimum Gasteiger partial charge on any atom is -0.343 e. The molecule has 0 aromatic heterocycles. The lowest BCUT2D eigenvalue weighted by molar-refractivity contribution is -0.131. The SMILES string of the molecule is Cc1cccc(C(=O)NCC(=O)N(C[C@@H](C)C#N)C2CC2)c1. The van der Waals surface area contributed by atoms with Gasteiger partial charge in [0.25, 0.3) is 5.91 Å². The number of amides is 2. The van der Waals surface area contributed by atoms with E-state index in [-0.39, 0.29) is 30.3 Å². The highest BCUT2D eigenvalue weighted by molar-refractivity contribution is 5.96. The monoisotopic (exact) mass is 299 g/mol. The van der Waals surface area contributed by atoms with E-state index in [2.05, 4.69) is 11.4 Å². The van der Waals surface area contributed by atoms with Gasteiger partial charge in [-0.2, -0.15) is 5.26 Å². The Kier molecular flexibility index (Phi) is 5.16. The molecule has 22 heavy (non-hydrogen) atoms. The van der Waals surface area contributed by atoms with Gasteiger partial charge in [0.15, 0.2) is 0 Å². The molecular weight excluding hydrogens is 278 g/mol. The first-order valence-electron chi connectivity index (χ1n) is 7.55. The molecule has 0 saturated heterocycles. The van der Waals surface area contributed by atoms with E-state index < -0.39 is 0 Å². The summed E-state index contributed by atoms with van der Waals surface area (Å²) in [5.74, 6) is -0.566. The predicted octanol–water partition coefficient (Wildman–Crippen LogP) is 1.88. The van der Waals surface area contributed by atoms with Gasteiger partial charge < -0.3 is 10.2 Å². The summed E-state index contributed by atoms with van der Waals surface area (Å²) in [4.78, 5) is 26.1. The number of nitrogens with one attached hydrogen (secondary N) is 1. The lowest BCUT2D eigenvalue weighted by atomic mass is 10.1. The Hall–Kier alpha value is -2.35. The van der Waals surface area contributed by atoms with E-state index in [1.54, 1.807) is 24.0 Å². The van der Waals surface area contributed by atoms with Crippen LogP contribution in [0.25, 0.3) is 0 Å². The van der Waals surface area contributed by atoms with Gasteiger partial charge in [-0.3, -0.25) is 9.59 Å². The van der Waals surface area contributed by atoms with Gasteiger partial charge in [0.2, 0.25) is 5.91 Å². The summed E-state index contributed by atoms with van der Waals surface area (Å²) in [6.45, 7) is 4.12. The highest BCUT2D eigenvalue weighted by Gasteiger charge is 2.33. The molecule has 5 heteroatoms. The molecule has 1 atom stereocenters. The van der Waals surface area contributed by atoms with E-state index in [0.29, 0.717) is 12.1 Å². The summed E-state index contributed by atoms with van der Waals surface area (Å²) in [5, 5.41) is 11.6. The maximum absolute atomic E-state index is 12.3. The molecule has 1 aromatic rings. The number of carbonyl (C=O) groups is 2. The van der Waals surface area contributed by atoms with Crippen LogP contribution in [-0.4, -0.2) is 35.8 Å². The van der Waals surface area contributed by atoms with Crippen molar-refractivity contribution in [2.45, 2.75) is 32.7 Å². The zero-order valence-electron chi connectivity index (χ0n) is 13.0. The number of carbonyl (C=O) groups excluding carboxylic acids is 2. The third-order valence-corrected chi connectivity index (χ3v) is 3.68. The highest BCUT2D eigenvalue weighted by Crippen LogP contribution is 2.27. The van der Waals surface area contributed by atoms with Gasteiger partial charge >= 0.3 is 0 Å². The fourth-order valence-corrected chi connectivity index (χ4v) is 2.32. The van der Waals surface area contributed by atoms with Crippen molar-refractivity contribution < 1.29 is 9.59 Å². The first-order chi connectivity index (χ1) is 10.5. The maximum atomic E-state index is 12.3. The molecule has 1 fully saturated rings. The molecule has 0 radical (unpaired) electrons. The summed E-state index contributed by atoms with van der Waals surface area (Å²) < 4.78 is 0. The van der Waals surface area contributed by atoms with Crippen LogP contribution in [-0.2, 0) is 4.79 Å². The van der Waals surface area contributed by atoms with E-state index in [1.165, 1.54) is 0 Å². The molecule has 0 heterocycles. The van der Waals surface area contributed by atoms with E-state index in [1.807, 2.05) is 19.1 Å². The average Bonchev–Trinajstić information content (AvgIpc) is 3.34. The number of nitrogens with zero attached hydrogens (tertiary/aromatic N) is 2. The van der Waals surface area contributed by atoms with Crippen LogP contribution in [0.2, 0.25) is 0 Å². The Labute approximate surface area is 130 Å². The third kappa shape index (κ3) is 4.32. The van der Waals surface area contributed by atoms with Gasteiger partial charge in [0.1, 0.15) is 0 Å². The van der Waals surface area contributed by atoms with Crippen molar-refractivity contribution in [3.05, 3.63) is 35.4 Å². The zero-order chi connectivity index (χ0) is 16.1. The lowest BCUT2D eigenvalue weighted by Crippen LogP contribution is -2.43. The molecular formula is C17H21N3O2. The van der Waals surface area contributed by atoms with Crippen molar-refractivity contribution in [2.75, 3.05) is 13.1 Å². The van der Waals surface area contributed by atoms with Gasteiger partial charge in [-0.15, -0.1) is 0 Å². The molecule has 0 spiro atoms. The van der Waals surface area contributed by atoms with Gasteiger partial charge in [-0.05, 0) is 38.8 Å². The molecule has 1 saturated carbocycles. The normalized spacial score (nSPS) is 14.8. The fourth-order valence-electron chi connectivity index (χ4n) is 2.32. The van der Waals surface area contributed by atoms with Crippen LogP contribution in [0.3, 0.4) is 0 Å². The Balaban J connectivity index is 1.90. The first-order valence-corrected chi connectivity index (χ1v) is 7.55. The predicted molar refractivity (Wildman–Crippen MR) is 83.0 cm³/mol. The molecule has 0 unspecified atom stereocenters. The van der Waals surface area contributed by atoms with Crippen molar-refractivity contribution in [3.8, 4) is 6.07 Å². The second kappa shape index (κ2) is 7.08. The molecule has 2 rings (SSSR count). The maximum Gasteiger partial charge on any atom is 0.251 e. The van der Waals surface area contributed by atoms with Crippen LogP contribution < -0.4 is 5.32 Å². The Morgan fingerprint density at radius 2 is 2.18 bits per heavy atom. The Bertz CT molecular complexity index is 602. The molecule has 1 aliphatic carbocycles. The quantitative estimate of drug-likeness (QED) is 0.871. The Morgan fingerprint density at radius 3 is 2.77 bits per heavy atom. The van der Waals surface area contributed by atoms with Crippen LogP contribution in [0.15, 0.2) is 24.3 Å². The van der Waals surface area contributed by atoms with Crippen molar-refractivity contribution in [3.63, 3.8) is 0 Å². The second-order valence-corrected chi connectivity index (χ2v) is 5.86. The number of hydrogen-bond donors (Lipinski definition) is 1. The summed E-state index contributed by atoms with van der Waals surface area (Å²) in [5.41, 5.74) is 1.55. The number of nitriles is 1. The van der Waals surface area contributed by atoms with Gasteiger partial charge in [-0.25, -0.2) is 0 Å². The van der Waals surface area contributed by atoms with Crippen LogP contribution in [0.4, 0.5) is 0 Å². The topological polar surface area (TPSA) is 73.2 Å². The van der Waals surface area contributed by atoms with Gasteiger partial charge in [0, 0.05) is 18.2 Å². The molecule has 2 amide bonds. The third-order valence-electron chi connectivity index (χ3n) is 3.68. The molecule has 1 aliphatic rings. The smallest absolute Gasteiger partial charge is 0.251 e. The van der Waals surface area contributed by atoms with E-state index >= 15 is 0 Å². The molecule has 0 aliphatic heterocycles. The summed E-state index contributed by atoms with van der Waals surface area (Å²) >= 11 is 0. The van der Waals surface area contributed by atoms with Crippen LogP contribution >= 0.6 is 0 Å². The highest BCUT2D eigenvalue weighted by atomic mass is 16.2. The summed E-state index contributed by atoms with van der Waals surface area (Å²) in [7, 11) is 0. The van der Waals surface area contributed by atoms with E-state index in [0.717, 1.165) is 18.4 Å². The molecule has 5 nitrogen and oxygen atoms in total. The van der Waals surface area contributed by atoms with E-state index in [4.69, 9.17) is 5.26 Å². The van der Waals surface area contributed by atoms with Gasteiger partial charge in [0.05, 0.1) is 18.5 Å².